The average molecular weight is 389 g/mol. The summed E-state index contributed by atoms with van der Waals surface area (Å²) < 4.78 is 78.2. The number of aliphatic hydroxyl groups is 1. The minimum Gasteiger partial charge on any atom is -0.368 e. The molecule has 0 bridgehead atoms. The number of hydrogen-bond donors (Lipinski definition) is 1. The van der Waals surface area contributed by atoms with Crippen molar-refractivity contribution < 1.29 is 31.4 Å². The normalized spacial score (nSPS) is 13.8. The highest BCUT2D eigenvalue weighted by Gasteiger charge is 2.73. The van der Waals surface area contributed by atoms with E-state index < -0.39 is 23.0 Å². The number of thiazole rings is 1. The van der Waals surface area contributed by atoms with Crippen molar-refractivity contribution >= 4 is 22.7 Å². The first-order valence-corrected chi connectivity index (χ1v) is 8.41. The molecule has 0 aliphatic heterocycles. The van der Waals surface area contributed by atoms with Crippen LogP contribution in [0, 0.1) is 6.92 Å². The maximum absolute atomic E-state index is 13.0. The average Bonchev–Trinajstić information content (AvgIpc) is 3.00. The molecule has 134 valence electrons. The molecule has 24 heavy (non-hydrogen) atoms. The molecule has 0 saturated heterocycles. The summed E-state index contributed by atoms with van der Waals surface area (Å²) in [5.41, 5.74) is -4.12. The van der Waals surface area contributed by atoms with Gasteiger partial charge in [0.25, 0.3) is 0 Å². The van der Waals surface area contributed by atoms with Gasteiger partial charge >= 0.3 is 18.0 Å². The number of aryl methyl sites for hydroxylation is 1. The SMILES string of the molecule is Cc1csc(-c2nc(C(O)(C(F)(F)F)C(F)(F)F)sc2C(C)C)c1. The third-order valence-corrected chi connectivity index (χ3v) is 5.79. The molecule has 2 aromatic rings. The largest absolute Gasteiger partial charge is 0.433 e. The molecule has 0 aromatic carbocycles. The zero-order chi connectivity index (χ0) is 18.5. The van der Waals surface area contributed by atoms with Gasteiger partial charge in [-0.15, -0.1) is 22.7 Å². The Kier molecular flexibility index (Phi) is 4.79. The fourth-order valence-corrected chi connectivity index (χ4v) is 4.19. The van der Waals surface area contributed by atoms with Crippen LogP contribution in [0.5, 0.6) is 0 Å². The van der Waals surface area contributed by atoms with Gasteiger partial charge in [-0.1, -0.05) is 13.8 Å². The zero-order valence-electron chi connectivity index (χ0n) is 12.7. The van der Waals surface area contributed by atoms with E-state index in [2.05, 4.69) is 4.98 Å². The van der Waals surface area contributed by atoms with E-state index in [1.165, 1.54) is 11.3 Å². The Balaban J connectivity index is 2.71. The predicted octanol–water partition coefficient (Wildman–Crippen LogP) is 5.62. The quantitative estimate of drug-likeness (QED) is 0.692. The highest BCUT2D eigenvalue weighted by atomic mass is 32.1. The van der Waals surface area contributed by atoms with Crippen molar-refractivity contribution in [1.82, 2.24) is 4.98 Å². The molecule has 2 nitrogen and oxygen atoms in total. The first-order chi connectivity index (χ1) is 10.8. The number of rotatable bonds is 3. The van der Waals surface area contributed by atoms with Crippen LogP contribution < -0.4 is 0 Å². The fraction of sp³-hybridized carbons (Fsp3) is 0.500. The van der Waals surface area contributed by atoms with E-state index in [9.17, 15) is 31.4 Å². The van der Waals surface area contributed by atoms with Crippen molar-refractivity contribution in [2.45, 2.75) is 44.6 Å². The number of aromatic nitrogens is 1. The second-order valence-corrected chi connectivity index (χ2v) is 7.52. The second-order valence-electron chi connectivity index (χ2n) is 5.58. The number of halogens is 6. The standard InChI is InChI=1S/C14H13F6NOS2/c1-6(2)10-9(8-4-7(3)5-23-8)21-11(24-10)12(22,13(15,16)17)14(18,19)20/h4-6,22H,1-3H3. The van der Waals surface area contributed by atoms with Gasteiger partial charge in [-0.3, -0.25) is 0 Å². The van der Waals surface area contributed by atoms with Crippen molar-refractivity contribution in [1.29, 1.82) is 0 Å². The van der Waals surface area contributed by atoms with Crippen LogP contribution in [0.2, 0.25) is 0 Å². The summed E-state index contributed by atoms with van der Waals surface area (Å²) in [5, 5.41) is 9.84. The molecule has 0 saturated carbocycles. The number of thiophene rings is 1. The summed E-state index contributed by atoms with van der Waals surface area (Å²) in [6.07, 6.45) is -11.9. The van der Waals surface area contributed by atoms with Crippen molar-refractivity contribution in [3.63, 3.8) is 0 Å². The maximum Gasteiger partial charge on any atom is 0.433 e. The van der Waals surface area contributed by atoms with Crippen LogP contribution in [0.15, 0.2) is 11.4 Å². The van der Waals surface area contributed by atoms with Crippen molar-refractivity contribution in [2.24, 2.45) is 0 Å². The van der Waals surface area contributed by atoms with E-state index >= 15 is 0 Å². The summed E-state index contributed by atoms with van der Waals surface area (Å²) in [7, 11) is 0. The van der Waals surface area contributed by atoms with Crippen molar-refractivity contribution in [2.75, 3.05) is 0 Å². The molecular formula is C14H13F6NOS2. The summed E-state index contributed by atoms with van der Waals surface area (Å²) >= 11 is 1.41. The summed E-state index contributed by atoms with van der Waals surface area (Å²) in [4.78, 5) is 4.29. The van der Waals surface area contributed by atoms with Gasteiger partial charge < -0.3 is 5.11 Å². The Morgan fingerprint density at radius 2 is 1.62 bits per heavy atom. The topological polar surface area (TPSA) is 33.1 Å². The van der Waals surface area contributed by atoms with E-state index in [1.807, 2.05) is 0 Å². The molecular weight excluding hydrogens is 376 g/mol. The van der Waals surface area contributed by atoms with Gasteiger partial charge in [0.2, 0.25) is 0 Å². The lowest BCUT2D eigenvalue weighted by Gasteiger charge is -2.30. The van der Waals surface area contributed by atoms with Crippen LogP contribution in [0.25, 0.3) is 10.6 Å². The molecule has 2 aromatic heterocycles. The number of hydrogen-bond acceptors (Lipinski definition) is 4. The second kappa shape index (κ2) is 5.99. The van der Waals surface area contributed by atoms with Crippen LogP contribution in [0.1, 0.15) is 35.2 Å². The number of nitrogens with zero attached hydrogens (tertiary/aromatic N) is 1. The third kappa shape index (κ3) is 3.06. The van der Waals surface area contributed by atoms with Gasteiger partial charge in [0.05, 0.1) is 10.6 Å². The van der Waals surface area contributed by atoms with E-state index in [1.54, 1.807) is 32.2 Å². The molecule has 1 N–H and O–H groups in total. The Morgan fingerprint density at radius 3 is 2.00 bits per heavy atom. The minimum absolute atomic E-state index is 0.0509. The van der Waals surface area contributed by atoms with Gasteiger partial charge in [0.1, 0.15) is 5.01 Å². The van der Waals surface area contributed by atoms with E-state index in [0.717, 1.165) is 5.56 Å². The summed E-state index contributed by atoms with van der Waals surface area (Å²) in [6.45, 7) is 5.03. The molecule has 2 heterocycles. The molecule has 0 unspecified atom stereocenters. The molecule has 10 heteroatoms. The Morgan fingerprint density at radius 1 is 1.08 bits per heavy atom. The first-order valence-electron chi connectivity index (χ1n) is 6.71. The fourth-order valence-electron chi connectivity index (χ4n) is 2.01. The number of alkyl halides is 6. The molecule has 2 rings (SSSR count). The highest BCUT2D eigenvalue weighted by molar-refractivity contribution is 7.15. The zero-order valence-corrected chi connectivity index (χ0v) is 14.3. The molecule has 0 radical (unpaired) electrons. The molecule has 0 amide bonds. The summed E-state index contributed by atoms with van der Waals surface area (Å²) in [6, 6.07) is 1.63. The predicted molar refractivity (Wildman–Crippen MR) is 80.3 cm³/mol. The molecule has 0 aliphatic carbocycles. The smallest absolute Gasteiger partial charge is 0.368 e. The highest BCUT2D eigenvalue weighted by Crippen LogP contribution is 2.52. The van der Waals surface area contributed by atoms with E-state index in [0.29, 0.717) is 4.88 Å². The van der Waals surface area contributed by atoms with E-state index in [-0.39, 0.29) is 27.8 Å². The maximum atomic E-state index is 13.0. The van der Waals surface area contributed by atoms with E-state index in [4.69, 9.17) is 0 Å². The van der Waals surface area contributed by atoms with Crippen LogP contribution in [-0.2, 0) is 5.60 Å². The van der Waals surface area contributed by atoms with Crippen molar-refractivity contribution in [3.8, 4) is 10.6 Å². The van der Waals surface area contributed by atoms with Gasteiger partial charge in [0, 0.05) is 4.88 Å². The first kappa shape index (κ1) is 19.2. The molecule has 0 fully saturated rings. The molecule has 0 aliphatic rings. The van der Waals surface area contributed by atoms with Crippen molar-refractivity contribution in [3.05, 3.63) is 26.9 Å². The van der Waals surface area contributed by atoms with Crippen LogP contribution in [0.4, 0.5) is 26.3 Å². The minimum atomic E-state index is -5.93. The lowest BCUT2D eigenvalue weighted by Crippen LogP contribution is -2.53. The van der Waals surface area contributed by atoms with Gasteiger partial charge in [-0.25, -0.2) is 4.98 Å². The van der Waals surface area contributed by atoms with Crippen LogP contribution >= 0.6 is 22.7 Å². The van der Waals surface area contributed by atoms with Gasteiger partial charge in [0.15, 0.2) is 0 Å². The van der Waals surface area contributed by atoms with Crippen LogP contribution in [0.3, 0.4) is 0 Å². The Bertz CT molecular complexity index is 714. The molecule has 0 atom stereocenters. The summed E-state index contributed by atoms with van der Waals surface area (Å²) in [5.74, 6) is -0.348. The third-order valence-electron chi connectivity index (χ3n) is 3.27. The lowest BCUT2D eigenvalue weighted by atomic mass is 10.0. The Labute approximate surface area is 141 Å². The van der Waals surface area contributed by atoms with Gasteiger partial charge in [-0.2, -0.15) is 26.3 Å². The lowest BCUT2D eigenvalue weighted by molar-refractivity contribution is -0.376. The Hall–Kier alpha value is -1.13. The van der Waals surface area contributed by atoms with Gasteiger partial charge in [-0.05, 0) is 29.9 Å². The monoisotopic (exact) mass is 389 g/mol. The molecule has 0 spiro atoms. The van der Waals surface area contributed by atoms with Crippen LogP contribution in [-0.4, -0.2) is 22.4 Å².